The third kappa shape index (κ3) is 2.97. The topological polar surface area (TPSA) is 54.5 Å². The number of nitrogens with one attached hydrogen (secondary N) is 1. The molecule has 0 aliphatic heterocycles. The van der Waals surface area contributed by atoms with Gasteiger partial charge in [0, 0.05) is 7.05 Å². The third-order valence-electron chi connectivity index (χ3n) is 1.47. The summed E-state index contributed by atoms with van der Waals surface area (Å²) in [6, 6.07) is 1.51. The van der Waals surface area contributed by atoms with Crippen molar-refractivity contribution < 1.29 is 9.63 Å². The van der Waals surface area contributed by atoms with Gasteiger partial charge in [0.05, 0.1) is 12.3 Å². The van der Waals surface area contributed by atoms with E-state index in [2.05, 4.69) is 9.69 Å². The number of hydrogen-bond donors (Lipinski definition) is 1. The highest BCUT2D eigenvalue weighted by molar-refractivity contribution is 7.10. The van der Waals surface area contributed by atoms with Crippen molar-refractivity contribution in [3.8, 4) is 0 Å². The number of anilines is 1. The molecule has 1 heterocycles. The van der Waals surface area contributed by atoms with Gasteiger partial charge in [0.15, 0.2) is 0 Å². The number of aryl methyl sites for hydroxylation is 1. The number of carbonyl (C=O) groups is 1. The van der Waals surface area contributed by atoms with Gasteiger partial charge in [-0.05, 0) is 31.4 Å². The molecule has 0 unspecified atom stereocenters. The second kappa shape index (κ2) is 4.92. The number of hydrogen-bond acceptors (Lipinski definition) is 4. The van der Waals surface area contributed by atoms with Crippen molar-refractivity contribution in [3.05, 3.63) is 11.8 Å². The van der Waals surface area contributed by atoms with Crippen molar-refractivity contribution in [3.63, 3.8) is 0 Å². The fourth-order valence-corrected chi connectivity index (χ4v) is 1.51. The Morgan fingerprint density at radius 1 is 1.79 bits per heavy atom. The molecule has 14 heavy (non-hydrogen) atoms. The molecule has 0 saturated heterocycles. The smallest absolute Gasteiger partial charge is 0.296 e. The first-order valence-electron chi connectivity index (χ1n) is 4.24. The number of urea groups is 1. The molecule has 6 heteroatoms. The van der Waals surface area contributed by atoms with Crippen molar-refractivity contribution in [1.29, 1.82) is 0 Å². The van der Waals surface area contributed by atoms with Gasteiger partial charge in [0.25, 0.3) is 0 Å². The summed E-state index contributed by atoms with van der Waals surface area (Å²) in [4.78, 5) is 16.4. The summed E-state index contributed by atoms with van der Waals surface area (Å²) in [5.74, 6) is 0. The van der Waals surface area contributed by atoms with Gasteiger partial charge in [0.1, 0.15) is 5.00 Å². The molecular weight excluding hydrogens is 202 g/mol. The molecule has 0 aliphatic rings. The summed E-state index contributed by atoms with van der Waals surface area (Å²) in [5, 5.41) is 4.55. The maximum absolute atomic E-state index is 11.4. The summed E-state index contributed by atoms with van der Waals surface area (Å²) in [5.41, 5.74) is 0.893. The number of aromatic nitrogens is 1. The van der Waals surface area contributed by atoms with E-state index in [4.69, 9.17) is 4.84 Å². The first kappa shape index (κ1) is 10.9. The van der Waals surface area contributed by atoms with E-state index < -0.39 is 0 Å². The lowest BCUT2D eigenvalue weighted by molar-refractivity contribution is -0.0878. The first-order chi connectivity index (χ1) is 6.63. The third-order valence-corrected chi connectivity index (χ3v) is 2.26. The van der Waals surface area contributed by atoms with E-state index in [1.807, 2.05) is 19.9 Å². The van der Waals surface area contributed by atoms with Crippen LogP contribution in [0.25, 0.3) is 0 Å². The predicted molar refractivity (Wildman–Crippen MR) is 55.3 cm³/mol. The lowest BCUT2D eigenvalue weighted by Gasteiger charge is -2.14. The Labute approximate surface area is 86.8 Å². The van der Waals surface area contributed by atoms with Crippen LogP contribution < -0.4 is 5.32 Å². The molecule has 0 atom stereocenters. The van der Waals surface area contributed by atoms with Gasteiger partial charge < -0.3 is 0 Å². The second-order valence-electron chi connectivity index (χ2n) is 2.68. The predicted octanol–water partition coefficient (Wildman–Crippen LogP) is 1.87. The molecule has 1 aromatic heterocycles. The van der Waals surface area contributed by atoms with Crippen LogP contribution in [0.4, 0.5) is 9.80 Å². The lowest BCUT2D eigenvalue weighted by atomic mass is 10.5. The molecule has 5 nitrogen and oxygen atoms in total. The molecule has 0 radical (unpaired) electrons. The van der Waals surface area contributed by atoms with E-state index >= 15 is 0 Å². The number of nitrogens with zero attached hydrogens (tertiary/aromatic N) is 2. The van der Waals surface area contributed by atoms with Crippen LogP contribution in [-0.4, -0.2) is 29.1 Å². The highest BCUT2D eigenvalue weighted by atomic mass is 32.1. The Balaban J connectivity index is 2.48. The van der Waals surface area contributed by atoms with Gasteiger partial charge in [-0.1, -0.05) is 0 Å². The average Bonchev–Trinajstić information content (AvgIpc) is 2.51. The zero-order valence-electron chi connectivity index (χ0n) is 8.40. The van der Waals surface area contributed by atoms with Gasteiger partial charge in [-0.3, -0.25) is 10.2 Å². The SMILES string of the molecule is CCON(C)C(=O)Nc1cc(C)ns1. The molecule has 0 aliphatic carbocycles. The zero-order valence-corrected chi connectivity index (χ0v) is 9.22. The quantitative estimate of drug-likeness (QED) is 0.783. The minimum absolute atomic E-state index is 0.296. The summed E-state index contributed by atoms with van der Waals surface area (Å²) >= 11 is 1.25. The molecule has 0 fully saturated rings. The van der Waals surface area contributed by atoms with E-state index in [-0.39, 0.29) is 6.03 Å². The molecule has 0 aromatic carbocycles. The van der Waals surface area contributed by atoms with Crippen molar-refractivity contribution in [2.45, 2.75) is 13.8 Å². The van der Waals surface area contributed by atoms with Crippen molar-refractivity contribution in [2.75, 3.05) is 19.0 Å². The van der Waals surface area contributed by atoms with Crippen molar-refractivity contribution >= 4 is 22.6 Å². The van der Waals surface area contributed by atoms with Crippen LogP contribution in [0.2, 0.25) is 0 Å². The van der Waals surface area contributed by atoms with Gasteiger partial charge in [-0.15, -0.1) is 0 Å². The minimum Gasteiger partial charge on any atom is -0.296 e. The molecule has 2 amide bonds. The van der Waals surface area contributed by atoms with Crippen LogP contribution in [-0.2, 0) is 4.84 Å². The Morgan fingerprint density at radius 3 is 3.00 bits per heavy atom. The normalized spacial score (nSPS) is 9.93. The van der Waals surface area contributed by atoms with E-state index in [9.17, 15) is 4.79 Å². The lowest BCUT2D eigenvalue weighted by Crippen LogP contribution is -2.31. The summed E-state index contributed by atoms with van der Waals surface area (Å²) in [6.45, 7) is 4.16. The number of carbonyl (C=O) groups excluding carboxylic acids is 1. The summed E-state index contributed by atoms with van der Waals surface area (Å²) < 4.78 is 4.04. The fourth-order valence-electron chi connectivity index (χ4n) is 0.859. The molecule has 1 rings (SSSR count). The molecule has 78 valence electrons. The monoisotopic (exact) mass is 215 g/mol. The van der Waals surface area contributed by atoms with Crippen LogP contribution in [0.5, 0.6) is 0 Å². The van der Waals surface area contributed by atoms with Crippen molar-refractivity contribution in [2.24, 2.45) is 0 Å². The average molecular weight is 215 g/mol. The van der Waals surface area contributed by atoms with Crippen LogP contribution >= 0.6 is 11.5 Å². The summed E-state index contributed by atoms with van der Waals surface area (Å²) in [7, 11) is 1.56. The van der Waals surface area contributed by atoms with Gasteiger partial charge in [-0.2, -0.15) is 4.37 Å². The van der Waals surface area contributed by atoms with E-state index in [1.165, 1.54) is 11.5 Å². The Kier molecular flexibility index (Phi) is 3.84. The van der Waals surface area contributed by atoms with E-state index in [0.717, 1.165) is 15.8 Å². The number of rotatable bonds is 3. The van der Waals surface area contributed by atoms with Crippen LogP contribution in [0, 0.1) is 6.92 Å². The fraction of sp³-hybridized carbons (Fsp3) is 0.500. The Bertz CT molecular complexity index is 313. The van der Waals surface area contributed by atoms with E-state index in [1.54, 1.807) is 7.05 Å². The number of hydroxylamine groups is 2. The molecule has 0 bridgehead atoms. The maximum atomic E-state index is 11.4. The van der Waals surface area contributed by atoms with Crippen LogP contribution in [0.15, 0.2) is 6.07 Å². The molecule has 1 aromatic rings. The molecule has 1 N–H and O–H groups in total. The molecule has 0 spiro atoms. The van der Waals surface area contributed by atoms with Gasteiger partial charge in [-0.25, -0.2) is 9.86 Å². The first-order valence-corrected chi connectivity index (χ1v) is 5.01. The maximum Gasteiger partial charge on any atom is 0.346 e. The Morgan fingerprint density at radius 2 is 2.50 bits per heavy atom. The van der Waals surface area contributed by atoms with Gasteiger partial charge in [0.2, 0.25) is 0 Å². The number of amides is 2. The van der Waals surface area contributed by atoms with Crippen LogP contribution in [0.1, 0.15) is 12.6 Å². The molecular formula is C8H13N3O2S. The highest BCUT2D eigenvalue weighted by Gasteiger charge is 2.09. The van der Waals surface area contributed by atoms with Crippen LogP contribution in [0.3, 0.4) is 0 Å². The highest BCUT2D eigenvalue weighted by Crippen LogP contribution is 2.15. The molecule has 0 saturated carbocycles. The van der Waals surface area contributed by atoms with E-state index in [0.29, 0.717) is 6.61 Å². The second-order valence-corrected chi connectivity index (χ2v) is 3.48. The minimum atomic E-state index is -0.296. The largest absolute Gasteiger partial charge is 0.346 e. The van der Waals surface area contributed by atoms with Gasteiger partial charge >= 0.3 is 6.03 Å². The summed E-state index contributed by atoms with van der Waals surface area (Å²) in [6.07, 6.45) is 0. The Hall–Kier alpha value is -1.14. The standard InChI is InChI=1S/C8H13N3O2S/c1-4-13-11(3)8(12)9-7-5-6(2)10-14-7/h5H,4H2,1-3H3,(H,9,12). The zero-order chi connectivity index (χ0) is 10.6. The van der Waals surface area contributed by atoms with Crippen molar-refractivity contribution in [1.82, 2.24) is 9.44 Å².